The van der Waals surface area contributed by atoms with Gasteiger partial charge >= 0.3 is 0 Å². The number of hydrogen-bond donors (Lipinski definition) is 1. The fourth-order valence-corrected chi connectivity index (χ4v) is 3.55. The van der Waals surface area contributed by atoms with Gasteiger partial charge in [-0.3, -0.25) is 9.59 Å². The molecule has 2 saturated heterocycles. The van der Waals surface area contributed by atoms with Crippen LogP contribution < -0.4 is 5.32 Å². The van der Waals surface area contributed by atoms with Crippen molar-refractivity contribution in [2.24, 2.45) is 11.8 Å². The third kappa shape index (κ3) is 5.48. The molecule has 0 radical (unpaired) electrons. The molecule has 5 nitrogen and oxygen atoms in total. The molecule has 3 unspecified atom stereocenters. The zero-order chi connectivity index (χ0) is 16.8. The number of likely N-dealkylation sites (tertiary alicyclic amines) is 1. The summed E-state index contributed by atoms with van der Waals surface area (Å²) in [6.45, 7) is 8.51. The maximum atomic E-state index is 12.2. The molecule has 0 bridgehead atoms. The van der Waals surface area contributed by atoms with Crippen molar-refractivity contribution in [1.29, 1.82) is 0 Å². The number of carbonyl (C=O) groups excluding carboxylic acids is 2. The largest absolute Gasteiger partial charge is 0.378 e. The molecule has 0 aliphatic carbocycles. The highest BCUT2D eigenvalue weighted by Gasteiger charge is 2.27. The Hall–Kier alpha value is -1.10. The Morgan fingerprint density at radius 2 is 2.13 bits per heavy atom. The van der Waals surface area contributed by atoms with E-state index in [0.29, 0.717) is 31.2 Å². The Balaban J connectivity index is 1.71. The smallest absolute Gasteiger partial charge is 0.222 e. The first-order chi connectivity index (χ1) is 11.0. The van der Waals surface area contributed by atoms with Crippen LogP contribution in [-0.4, -0.2) is 48.6 Å². The van der Waals surface area contributed by atoms with Crippen molar-refractivity contribution < 1.29 is 14.3 Å². The quantitative estimate of drug-likeness (QED) is 0.816. The van der Waals surface area contributed by atoms with Gasteiger partial charge in [0.25, 0.3) is 0 Å². The summed E-state index contributed by atoms with van der Waals surface area (Å²) >= 11 is 0. The molecular weight excluding hydrogens is 292 g/mol. The van der Waals surface area contributed by atoms with Gasteiger partial charge in [-0.15, -0.1) is 0 Å². The van der Waals surface area contributed by atoms with Gasteiger partial charge in [-0.1, -0.05) is 13.8 Å². The van der Waals surface area contributed by atoms with Crippen LogP contribution in [0.5, 0.6) is 0 Å². The van der Waals surface area contributed by atoms with Gasteiger partial charge in [0.05, 0.1) is 6.10 Å². The molecular formula is C18H32N2O3. The first kappa shape index (κ1) is 18.2. The highest BCUT2D eigenvalue weighted by Crippen LogP contribution is 2.27. The number of nitrogens with one attached hydrogen (secondary N) is 1. The highest BCUT2D eigenvalue weighted by molar-refractivity contribution is 5.78. The summed E-state index contributed by atoms with van der Waals surface area (Å²) < 4.78 is 5.76. The lowest BCUT2D eigenvalue weighted by Gasteiger charge is -2.33. The van der Waals surface area contributed by atoms with E-state index in [0.717, 1.165) is 38.8 Å². The monoisotopic (exact) mass is 324 g/mol. The molecule has 3 atom stereocenters. The Labute approximate surface area is 140 Å². The highest BCUT2D eigenvalue weighted by atomic mass is 16.5. The molecule has 2 aliphatic rings. The summed E-state index contributed by atoms with van der Waals surface area (Å²) in [5, 5.41) is 3.02. The molecule has 2 fully saturated rings. The van der Waals surface area contributed by atoms with Crippen LogP contribution in [0.15, 0.2) is 0 Å². The minimum absolute atomic E-state index is 0.0878. The van der Waals surface area contributed by atoms with Crippen LogP contribution in [0.25, 0.3) is 0 Å². The lowest BCUT2D eigenvalue weighted by molar-refractivity contribution is -0.136. The van der Waals surface area contributed by atoms with Gasteiger partial charge in [-0.2, -0.15) is 0 Å². The Morgan fingerprint density at radius 1 is 1.35 bits per heavy atom. The van der Waals surface area contributed by atoms with Crippen molar-refractivity contribution in [3.63, 3.8) is 0 Å². The zero-order valence-electron chi connectivity index (χ0n) is 14.8. The van der Waals surface area contributed by atoms with Crippen LogP contribution in [0.4, 0.5) is 0 Å². The summed E-state index contributed by atoms with van der Waals surface area (Å²) in [6.07, 6.45) is 5.52. The Bertz CT molecular complexity index is 411. The summed E-state index contributed by atoms with van der Waals surface area (Å²) in [7, 11) is 0. The topological polar surface area (TPSA) is 58.6 Å². The Kier molecular flexibility index (Phi) is 6.88. The third-order valence-electron chi connectivity index (χ3n) is 5.13. The minimum atomic E-state index is 0.0878. The van der Waals surface area contributed by atoms with Crippen molar-refractivity contribution in [2.45, 2.75) is 71.4 Å². The van der Waals surface area contributed by atoms with E-state index in [2.05, 4.69) is 19.2 Å². The van der Waals surface area contributed by atoms with Crippen LogP contribution >= 0.6 is 0 Å². The van der Waals surface area contributed by atoms with Crippen molar-refractivity contribution in [1.82, 2.24) is 10.2 Å². The van der Waals surface area contributed by atoms with E-state index in [-0.39, 0.29) is 24.0 Å². The summed E-state index contributed by atoms with van der Waals surface area (Å²) in [4.78, 5) is 26.0. The minimum Gasteiger partial charge on any atom is -0.378 e. The summed E-state index contributed by atoms with van der Waals surface area (Å²) in [5.41, 5.74) is 0. The van der Waals surface area contributed by atoms with Crippen LogP contribution in [0.3, 0.4) is 0 Å². The second-order valence-corrected chi connectivity index (χ2v) is 7.45. The molecule has 5 heteroatoms. The number of ether oxygens (including phenoxy) is 1. The van der Waals surface area contributed by atoms with Crippen molar-refractivity contribution in [2.75, 3.05) is 19.7 Å². The normalized spacial score (nSPS) is 27.1. The molecule has 0 aromatic heterocycles. The van der Waals surface area contributed by atoms with Gasteiger partial charge in [-0.05, 0) is 44.4 Å². The van der Waals surface area contributed by atoms with Crippen LogP contribution in [0.2, 0.25) is 0 Å². The van der Waals surface area contributed by atoms with Gasteiger partial charge in [0.2, 0.25) is 11.8 Å². The van der Waals surface area contributed by atoms with E-state index in [4.69, 9.17) is 4.74 Å². The maximum absolute atomic E-state index is 12.2. The van der Waals surface area contributed by atoms with Crippen molar-refractivity contribution in [3.8, 4) is 0 Å². The SMILES string of the molecule is CC(C)C1CC(CC(=O)NCC(C)N2CCCCC2=O)CCO1. The first-order valence-corrected chi connectivity index (χ1v) is 9.15. The number of piperidine rings is 1. The average Bonchev–Trinajstić information content (AvgIpc) is 2.53. The van der Waals surface area contributed by atoms with E-state index in [1.807, 2.05) is 11.8 Å². The zero-order valence-corrected chi connectivity index (χ0v) is 14.8. The number of carbonyl (C=O) groups is 2. The molecule has 0 saturated carbocycles. The van der Waals surface area contributed by atoms with E-state index >= 15 is 0 Å². The van der Waals surface area contributed by atoms with E-state index in [9.17, 15) is 9.59 Å². The molecule has 132 valence electrons. The van der Waals surface area contributed by atoms with Gasteiger partial charge in [0, 0.05) is 38.6 Å². The number of nitrogens with zero attached hydrogens (tertiary/aromatic N) is 1. The van der Waals surface area contributed by atoms with Gasteiger partial charge in [0.1, 0.15) is 0 Å². The third-order valence-corrected chi connectivity index (χ3v) is 5.13. The van der Waals surface area contributed by atoms with Crippen molar-refractivity contribution >= 4 is 11.8 Å². The predicted molar refractivity (Wildman–Crippen MR) is 90.0 cm³/mol. The maximum Gasteiger partial charge on any atom is 0.222 e. The second kappa shape index (κ2) is 8.67. The standard InChI is InChI=1S/C18H32N2O3/c1-13(2)16-10-15(7-9-23-16)11-17(21)19-12-14(3)20-8-5-4-6-18(20)22/h13-16H,4-12H2,1-3H3,(H,19,21). The van der Waals surface area contributed by atoms with Crippen molar-refractivity contribution in [3.05, 3.63) is 0 Å². The van der Waals surface area contributed by atoms with Gasteiger partial charge in [0.15, 0.2) is 0 Å². The molecule has 2 rings (SSSR count). The van der Waals surface area contributed by atoms with Gasteiger partial charge in [-0.25, -0.2) is 0 Å². The molecule has 2 aliphatic heterocycles. The van der Waals surface area contributed by atoms with E-state index in [1.165, 1.54) is 0 Å². The number of rotatable bonds is 6. The second-order valence-electron chi connectivity index (χ2n) is 7.45. The van der Waals surface area contributed by atoms with Crippen LogP contribution in [0.1, 0.15) is 59.3 Å². The fourth-order valence-electron chi connectivity index (χ4n) is 3.55. The lowest BCUT2D eigenvalue weighted by Crippen LogP contribution is -2.47. The molecule has 0 aromatic carbocycles. The van der Waals surface area contributed by atoms with Crippen LogP contribution in [0, 0.1) is 11.8 Å². The Morgan fingerprint density at radius 3 is 2.83 bits per heavy atom. The molecule has 2 heterocycles. The number of hydrogen-bond acceptors (Lipinski definition) is 3. The predicted octanol–water partition coefficient (Wildman–Crippen LogP) is 2.34. The van der Waals surface area contributed by atoms with E-state index < -0.39 is 0 Å². The first-order valence-electron chi connectivity index (χ1n) is 9.15. The molecule has 23 heavy (non-hydrogen) atoms. The van der Waals surface area contributed by atoms with E-state index in [1.54, 1.807) is 0 Å². The van der Waals surface area contributed by atoms with Gasteiger partial charge < -0.3 is 15.0 Å². The summed E-state index contributed by atoms with van der Waals surface area (Å²) in [6, 6.07) is 0.0878. The lowest BCUT2D eigenvalue weighted by atomic mass is 9.88. The molecule has 2 amide bonds. The summed E-state index contributed by atoms with van der Waals surface area (Å²) in [5.74, 6) is 1.26. The average molecular weight is 324 g/mol. The fraction of sp³-hybridized carbons (Fsp3) is 0.889. The number of amides is 2. The van der Waals surface area contributed by atoms with Crippen LogP contribution in [-0.2, 0) is 14.3 Å². The molecule has 0 spiro atoms. The molecule has 0 aromatic rings. The molecule has 1 N–H and O–H groups in total.